The third kappa shape index (κ3) is 4.95. The molecule has 3 rings (SSSR count). The smallest absolute Gasteiger partial charge is 0.262 e. The molecule has 0 fully saturated rings. The SMILES string of the molecule is COCCn1c(SCC(=O)Nc2cc(C)c(Cl)cc2OC)nc2ccccc2c1=O. The molecule has 0 bridgehead atoms. The number of ether oxygens (including phenoxy) is 2. The van der Waals surface area contributed by atoms with E-state index >= 15 is 0 Å². The Balaban J connectivity index is 1.82. The number of methoxy groups -OCH3 is 2. The molecule has 0 saturated heterocycles. The molecular formula is C21H22ClN3O4S. The number of para-hydroxylation sites is 1. The minimum Gasteiger partial charge on any atom is -0.495 e. The maximum atomic E-state index is 12.9. The first-order valence-corrected chi connectivity index (χ1v) is 10.6. The van der Waals surface area contributed by atoms with Gasteiger partial charge in [0.05, 0.1) is 42.6 Å². The van der Waals surface area contributed by atoms with E-state index in [2.05, 4.69) is 10.3 Å². The molecule has 0 aliphatic heterocycles. The number of benzene rings is 2. The zero-order valence-electron chi connectivity index (χ0n) is 16.9. The second-order valence-electron chi connectivity index (χ2n) is 6.50. The normalized spacial score (nSPS) is 10.9. The number of thioether (sulfide) groups is 1. The zero-order chi connectivity index (χ0) is 21.7. The predicted octanol–water partition coefficient (Wildman–Crippen LogP) is 3.74. The second kappa shape index (κ2) is 9.97. The van der Waals surface area contributed by atoms with Crippen LogP contribution in [0.3, 0.4) is 0 Å². The number of nitrogens with one attached hydrogen (secondary N) is 1. The quantitative estimate of drug-likeness (QED) is 0.418. The molecule has 0 aliphatic carbocycles. The summed E-state index contributed by atoms with van der Waals surface area (Å²) in [5, 5.41) is 4.38. The van der Waals surface area contributed by atoms with Crippen LogP contribution in [0.1, 0.15) is 5.56 Å². The van der Waals surface area contributed by atoms with E-state index in [1.807, 2.05) is 13.0 Å². The van der Waals surface area contributed by atoms with Gasteiger partial charge in [-0.15, -0.1) is 0 Å². The maximum Gasteiger partial charge on any atom is 0.262 e. The standard InChI is InChI=1S/C21H22ClN3O4S/c1-13-10-17(18(29-3)11-15(13)22)23-19(26)12-30-21-24-16-7-5-4-6-14(16)20(27)25(21)8-9-28-2/h4-7,10-11H,8-9,12H2,1-3H3,(H,23,26). The first-order chi connectivity index (χ1) is 14.4. The lowest BCUT2D eigenvalue weighted by molar-refractivity contribution is -0.113. The molecule has 2 aromatic carbocycles. The van der Waals surface area contributed by atoms with Gasteiger partial charge in [-0.3, -0.25) is 14.2 Å². The van der Waals surface area contributed by atoms with Gasteiger partial charge >= 0.3 is 0 Å². The van der Waals surface area contributed by atoms with Crippen molar-refractivity contribution < 1.29 is 14.3 Å². The number of aryl methyl sites for hydroxylation is 1. The number of nitrogens with zero attached hydrogens (tertiary/aromatic N) is 2. The number of anilines is 1. The fraction of sp³-hybridized carbons (Fsp3) is 0.286. The summed E-state index contributed by atoms with van der Waals surface area (Å²) in [4.78, 5) is 30.0. The van der Waals surface area contributed by atoms with E-state index in [1.165, 1.54) is 23.4 Å². The number of carbonyl (C=O) groups excluding carboxylic acids is 1. The van der Waals surface area contributed by atoms with Crippen LogP contribution in [0.25, 0.3) is 10.9 Å². The molecule has 7 nitrogen and oxygen atoms in total. The van der Waals surface area contributed by atoms with Crippen molar-refractivity contribution in [3.63, 3.8) is 0 Å². The summed E-state index contributed by atoms with van der Waals surface area (Å²) in [5.41, 5.74) is 1.79. The third-order valence-electron chi connectivity index (χ3n) is 4.43. The van der Waals surface area contributed by atoms with E-state index in [-0.39, 0.29) is 17.2 Å². The molecule has 1 aromatic heterocycles. The molecule has 158 valence electrons. The molecular weight excluding hydrogens is 426 g/mol. The van der Waals surface area contributed by atoms with E-state index in [0.717, 1.165) is 5.56 Å². The van der Waals surface area contributed by atoms with Gasteiger partial charge in [-0.1, -0.05) is 35.5 Å². The highest BCUT2D eigenvalue weighted by atomic mass is 35.5. The topological polar surface area (TPSA) is 82.4 Å². The molecule has 0 unspecified atom stereocenters. The number of hydrogen-bond acceptors (Lipinski definition) is 6. The Morgan fingerprint density at radius 2 is 2.03 bits per heavy atom. The van der Waals surface area contributed by atoms with E-state index < -0.39 is 0 Å². The number of halogens is 1. The number of hydrogen-bond donors (Lipinski definition) is 1. The highest BCUT2D eigenvalue weighted by Crippen LogP contribution is 2.31. The monoisotopic (exact) mass is 447 g/mol. The fourth-order valence-electron chi connectivity index (χ4n) is 2.88. The Hall–Kier alpha value is -2.55. The lowest BCUT2D eigenvalue weighted by Crippen LogP contribution is -2.26. The van der Waals surface area contributed by atoms with Crippen LogP contribution in [-0.2, 0) is 16.1 Å². The molecule has 0 radical (unpaired) electrons. The Kier molecular flexibility index (Phi) is 7.36. The van der Waals surface area contributed by atoms with Crippen LogP contribution in [0.5, 0.6) is 5.75 Å². The molecule has 0 saturated carbocycles. The van der Waals surface area contributed by atoms with Crippen LogP contribution in [0.4, 0.5) is 5.69 Å². The van der Waals surface area contributed by atoms with Crippen LogP contribution in [-0.4, -0.2) is 42.0 Å². The molecule has 1 N–H and O–H groups in total. The zero-order valence-corrected chi connectivity index (χ0v) is 18.5. The van der Waals surface area contributed by atoms with Crippen molar-refractivity contribution in [2.75, 3.05) is 31.9 Å². The second-order valence-corrected chi connectivity index (χ2v) is 7.85. The fourth-order valence-corrected chi connectivity index (χ4v) is 3.86. The van der Waals surface area contributed by atoms with Crippen LogP contribution in [0.15, 0.2) is 46.3 Å². The number of aromatic nitrogens is 2. The van der Waals surface area contributed by atoms with Crippen LogP contribution >= 0.6 is 23.4 Å². The summed E-state index contributed by atoms with van der Waals surface area (Å²) < 4.78 is 12.0. The highest BCUT2D eigenvalue weighted by Gasteiger charge is 2.15. The van der Waals surface area contributed by atoms with Crippen molar-refractivity contribution in [3.8, 4) is 5.75 Å². The Labute approximate surface area is 183 Å². The molecule has 1 amide bonds. The van der Waals surface area contributed by atoms with Crippen molar-refractivity contribution in [2.45, 2.75) is 18.6 Å². The average Bonchev–Trinajstić information content (AvgIpc) is 2.74. The van der Waals surface area contributed by atoms with Gasteiger partial charge in [-0.05, 0) is 30.7 Å². The summed E-state index contributed by atoms with van der Waals surface area (Å²) in [6, 6.07) is 10.6. The third-order valence-corrected chi connectivity index (χ3v) is 5.82. The lowest BCUT2D eigenvalue weighted by atomic mass is 10.2. The molecule has 3 aromatic rings. The van der Waals surface area contributed by atoms with E-state index in [4.69, 9.17) is 21.1 Å². The van der Waals surface area contributed by atoms with Crippen LogP contribution in [0.2, 0.25) is 5.02 Å². The summed E-state index contributed by atoms with van der Waals surface area (Å²) in [6.45, 7) is 2.56. The molecule has 0 aliphatic rings. The first kappa shape index (κ1) is 22.1. The van der Waals surface area contributed by atoms with Crippen molar-refractivity contribution >= 4 is 45.9 Å². The van der Waals surface area contributed by atoms with Gasteiger partial charge in [0.1, 0.15) is 5.75 Å². The number of rotatable bonds is 8. The molecule has 9 heteroatoms. The number of fused-ring (bicyclic) bond motifs is 1. The van der Waals surface area contributed by atoms with Gasteiger partial charge in [0.25, 0.3) is 5.56 Å². The Bertz CT molecular complexity index is 1130. The average molecular weight is 448 g/mol. The van der Waals surface area contributed by atoms with Crippen molar-refractivity contribution in [1.82, 2.24) is 9.55 Å². The van der Waals surface area contributed by atoms with Gasteiger partial charge in [0.15, 0.2) is 5.16 Å². The van der Waals surface area contributed by atoms with Crippen molar-refractivity contribution in [2.24, 2.45) is 0 Å². The molecule has 0 spiro atoms. The predicted molar refractivity (Wildman–Crippen MR) is 120 cm³/mol. The minimum atomic E-state index is -0.249. The molecule has 30 heavy (non-hydrogen) atoms. The van der Waals surface area contributed by atoms with Gasteiger partial charge < -0.3 is 14.8 Å². The van der Waals surface area contributed by atoms with Crippen LogP contribution < -0.4 is 15.6 Å². The summed E-state index contributed by atoms with van der Waals surface area (Å²) in [7, 11) is 3.08. The van der Waals surface area contributed by atoms with Crippen molar-refractivity contribution in [3.05, 3.63) is 57.3 Å². The molecule has 1 heterocycles. The van der Waals surface area contributed by atoms with Gasteiger partial charge in [0, 0.05) is 18.2 Å². The summed E-state index contributed by atoms with van der Waals surface area (Å²) >= 11 is 7.31. The minimum absolute atomic E-state index is 0.0720. The van der Waals surface area contributed by atoms with Gasteiger partial charge in [0.2, 0.25) is 5.91 Å². The van der Waals surface area contributed by atoms with Gasteiger partial charge in [-0.25, -0.2) is 4.98 Å². The Morgan fingerprint density at radius 1 is 1.27 bits per heavy atom. The number of carbonyl (C=O) groups is 1. The summed E-state index contributed by atoms with van der Waals surface area (Å²) in [6.07, 6.45) is 0. The van der Waals surface area contributed by atoms with Crippen LogP contribution in [0, 0.1) is 6.92 Å². The number of amides is 1. The highest BCUT2D eigenvalue weighted by molar-refractivity contribution is 7.99. The Morgan fingerprint density at radius 3 is 2.77 bits per heavy atom. The van der Waals surface area contributed by atoms with E-state index in [1.54, 1.807) is 37.4 Å². The van der Waals surface area contributed by atoms with Gasteiger partial charge in [-0.2, -0.15) is 0 Å². The van der Waals surface area contributed by atoms with Crippen molar-refractivity contribution in [1.29, 1.82) is 0 Å². The lowest BCUT2D eigenvalue weighted by Gasteiger charge is -2.14. The largest absolute Gasteiger partial charge is 0.495 e. The van der Waals surface area contributed by atoms with E-state index in [0.29, 0.717) is 45.7 Å². The molecule has 0 atom stereocenters. The maximum absolute atomic E-state index is 12.9. The first-order valence-electron chi connectivity index (χ1n) is 9.20. The summed E-state index contributed by atoms with van der Waals surface area (Å²) in [5.74, 6) is 0.299. The van der Waals surface area contributed by atoms with E-state index in [9.17, 15) is 9.59 Å².